The van der Waals surface area contributed by atoms with E-state index in [-0.39, 0.29) is 19.1 Å². The van der Waals surface area contributed by atoms with Crippen molar-refractivity contribution in [1.82, 2.24) is 5.32 Å². The van der Waals surface area contributed by atoms with Gasteiger partial charge in [0.25, 0.3) is 0 Å². The molecule has 0 aliphatic carbocycles. The van der Waals surface area contributed by atoms with Crippen molar-refractivity contribution in [1.29, 1.82) is 0 Å². The minimum absolute atomic E-state index is 0.0654. The first-order chi connectivity index (χ1) is 35.0. The van der Waals surface area contributed by atoms with E-state index in [0.29, 0.717) is 17.4 Å². The first kappa shape index (κ1) is 71.2. The molecule has 0 bridgehead atoms. The Labute approximate surface area is 450 Å². The summed E-state index contributed by atoms with van der Waals surface area (Å²) in [5.41, 5.74) is 0. The van der Waals surface area contributed by atoms with Crippen LogP contribution in [0.5, 0.6) is 0 Å². The quantitative estimate of drug-likeness (QED) is 0.0243. The number of amides is 1. The van der Waals surface area contributed by atoms with Crippen LogP contribution >= 0.6 is 7.82 Å². The van der Waals surface area contributed by atoms with Crippen molar-refractivity contribution in [3.05, 3.63) is 12.2 Å². The number of carbonyl (C=O) groups is 1. The minimum Gasteiger partial charge on any atom is -0.387 e. The zero-order valence-electron chi connectivity index (χ0n) is 49.2. The lowest BCUT2D eigenvalue weighted by Gasteiger charge is -2.25. The first-order valence-corrected chi connectivity index (χ1v) is 33.6. The van der Waals surface area contributed by atoms with Crippen LogP contribution in [0.15, 0.2) is 12.2 Å². The lowest BCUT2D eigenvalue weighted by Crippen LogP contribution is -2.45. The summed E-state index contributed by atoms with van der Waals surface area (Å²) in [6.45, 7) is 4.88. The maximum atomic E-state index is 13.0. The number of aliphatic hydroxyl groups is 1. The predicted octanol–water partition coefficient (Wildman–Crippen LogP) is 19.8. The highest BCUT2D eigenvalue weighted by molar-refractivity contribution is 7.47. The molecule has 0 saturated carbocycles. The molecule has 0 radical (unpaired) electrons. The number of carbonyl (C=O) groups excluding carboxylic acids is 1. The zero-order chi connectivity index (χ0) is 52.7. The summed E-state index contributed by atoms with van der Waals surface area (Å²) < 4.78 is 23.8. The van der Waals surface area contributed by atoms with Crippen LogP contribution in [-0.2, 0) is 18.4 Å². The van der Waals surface area contributed by atoms with Gasteiger partial charge in [-0.3, -0.25) is 13.8 Å². The van der Waals surface area contributed by atoms with Gasteiger partial charge in [0.15, 0.2) is 0 Å². The fourth-order valence-electron chi connectivity index (χ4n) is 9.99. The molecule has 9 heteroatoms. The van der Waals surface area contributed by atoms with Crippen molar-refractivity contribution in [2.24, 2.45) is 0 Å². The molecule has 0 saturated heterocycles. The van der Waals surface area contributed by atoms with Crippen molar-refractivity contribution in [3.8, 4) is 0 Å². The molecule has 72 heavy (non-hydrogen) atoms. The molecule has 0 aliphatic rings. The van der Waals surface area contributed by atoms with E-state index in [1.807, 2.05) is 27.2 Å². The molecule has 0 aromatic heterocycles. The number of hydrogen-bond donors (Lipinski definition) is 3. The Hall–Kier alpha value is -0.760. The Kier molecular flexibility index (Phi) is 54.4. The van der Waals surface area contributed by atoms with Gasteiger partial charge in [-0.15, -0.1) is 0 Å². The van der Waals surface area contributed by atoms with E-state index >= 15 is 0 Å². The highest BCUT2D eigenvalue weighted by Crippen LogP contribution is 2.43. The van der Waals surface area contributed by atoms with E-state index in [1.165, 1.54) is 283 Å². The van der Waals surface area contributed by atoms with Crippen LogP contribution in [0, 0.1) is 0 Å². The number of likely N-dealkylation sites (N-methyl/N-ethyl adjacent to an activating group) is 1. The van der Waals surface area contributed by atoms with E-state index in [0.717, 1.165) is 32.1 Å². The molecule has 3 atom stereocenters. The standard InChI is InChI=1S/C63H127N2O6P/c1-6-8-10-12-14-16-18-20-22-24-26-28-30-32-34-36-38-40-42-44-46-48-50-52-54-56-62(66)61(60-71-72(68,69)70-59-58-65(3,4)5)64-63(67)57-55-53-51-49-47-45-43-41-39-37-35-33-31-29-27-25-23-21-19-17-15-13-11-9-7-2/h54,56,61-62,66H,6-53,55,57-60H2,1-5H3,(H-,64,67,68,69)/p+1/b56-54+. The summed E-state index contributed by atoms with van der Waals surface area (Å²) in [6.07, 6.45) is 69.0. The second kappa shape index (κ2) is 55.0. The van der Waals surface area contributed by atoms with Crippen molar-refractivity contribution < 1.29 is 32.9 Å². The Morgan fingerprint density at radius 1 is 0.458 bits per heavy atom. The Balaban J connectivity index is 4.10. The lowest BCUT2D eigenvalue weighted by atomic mass is 10.0. The molecule has 0 heterocycles. The average Bonchev–Trinajstić information content (AvgIpc) is 3.34. The van der Waals surface area contributed by atoms with Gasteiger partial charge in [0.1, 0.15) is 13.2 Å². The summed E-state index contributed by atoms with van der Waals surface area (Å²) in [6, 6.07) is -0.843. The normalized spacial score (nSPS) is 13.8. The zero-order valence-corrected chi connectivity index (χ0v) is 50.1. The van der Waals surface area contributed by atoms with Gasteiger partial charge in [-0.1, -0.05) is 321 Å². The maximum Gasteiger partial charge on any atom is 0.472 e. The maximum absolute atomic E-state index is 13.0. The summed E-state index contributed by atoms with van der Waals surface area (Å²) in [7, 11) is 1.59. The number of phosphoric acid groups is 1. The van der Waals surface area contributed by atoms with Crippen LogP contribution in [0.1, 0.15) is 335 Å². The molecular formula is C63H128N2O6P+. The first-order valence-electron chi connectivity index (χ1n) is 32.1. The molecule has 8 nitrogen and oxygen atoms in total. The second-order valence-electron chi connectivity index (χ2n) is 23.5. The van der Waals surface area contributed by atoms with Gasteiger partial charge < -0.3 is 19.8 Å². The lowest BCUT2D eigenvalue weighted by molar-refractivity contribution is -0.870. The third kappa shape index (κ3) is 57.0. The average molecular weight is 1040 g/mol. The number of rotatable bonds is 60. The third-order valence-corrected chi connectivity index (χ3v) is 16.0. The third-order valence-electron chi connectivity index (χ3n) is 15.0. The largest absolute Gasteiger partial charge is 0.472 e. The van der Waals surface area contributed by atoms with Gasteiger partial charge in [0, 0.05) is 6.42 Å². The van der Waals surface area contributed by atoms with E-state index in [1.54, 1.807) is 6.08 Å². The fourth-order valence-corrected chi connectivity index (χ4v) is 10.7. The number of aliphatic hydroxyl groups excluding tert-OH is 1. The topological polar surface area (TPSA) is 105 Å². The van der Waals surface area contributed by atoms with Crippen LogP contribution in [0.25, 0.3) is 0 Å². The van der Waals surface area contributed by atoms with Gasteiger partial charge in [-0.05, 0) is 19.3 Å². The molecule has 0 rings (SSSR count). The van der Waals surface area contributed by atoms with E-state index in [9.17, 15) is 19.4 Å². The van der Waals surface area contributed by atoms with Crippen LogP contribution in [0.4, 0.5) is 0 Å². The summed E-state index contributed by atoms with van der Waals surface area (Å²) >= 11 is 0. The Bertz CT molecular complexity index is 1180. The smallest absolute Gasteiger partial charge is 0.387 e. The minimum atomic E-state index is -4.35. The number of nitrogens with one attached hydrogen (secondary N) is 1. The van der Waals surface area contributed by atoms with E-state index in [2.05, 4.69) is 19.2 Å². The fraction of sp³-hybridized carbons (Fsp3) is 0.952. The molecule has 0 aromatic carbocycles. The highest BCUT2D eigenvalue weighted by atomic mass is 31.2. The van der Waals surface area contributed by atoms with Crippen LogP contribution in [-0.4, -0.2) is 73.4 Å². The van der Waals surface area contributed by atoms with Gasteiger partial charge in [-0.25, -0.2) is 4.57 Å². The monoisotopic (exact) mass is 1040 g/mol. The molecule has 1 amide bonds. The van der Waals surface area contributed by atoms with Crippen molar-refractivity contribution in [3.63, 3.8) is 0 Å². The molecule has 3 unspecified atom stereocenters. The number of unbranched alkanes of at least 4 members (excludes halogenated alkanes) is 47. The predicted molar refractivity (Wildman–Crippen MR) is 314 cm³/mol. The van der Waals surface area contributed by atoms with Gasteiger partial charge >= 0.3 is 7.82 Å². The molecule has 430 valence electrons. The molecule has 0 fully saturated rings. The van der Waals surface area contributed by atoms with Gasteiger partial charge in [-0.2, -0.15) is 0 Å². The molecule has 3 N–H and O–H groups in total. The van der Waals surface area contributed by atoms with Gasteiger partial charge in [0.2, 0.25) is 5.91 Å². The molecule has 0 spiro atoms. The van der Waals surface area contributed by atoms with E-state index < -0.39 is 20.0 Å². The van der Waals surface area contributed by atoms with Crippen LogP contribution in [0.2, 0.25) is 0 Å². The SMILES string of the molecule is CCCCCCCCCCCCCCCCCCCCCCCCC/C=C/C(O)C(COP(=O)(O)OCC[N+](C)(C)C)NC(=O)CCCCCCCCCCCCCCCCCCCCCCCCCCC. The number of quaternary nitrogens is 1. The summed E-state index contributed by atoms with van der Waals surface area (Å²) in [5, 5.41) is 14.0. The van der Waals surface area contributed by atoms with Crippen molar-refractivity contribution in [2.75, 3.05) is 40.9 Å². The summed E-state index contributed by atoms with van der Waals surface area (Å²) in [5.74, 6) is -0.168. The molecule has 0 aliphatic heterocycles. The summed E-state index contributed by atoms with van der Waals surface area (Å²) in [4.78, 5) is 23.4. The Morgan fingerprint density at radius 3 is 1.03 bits per heavy atom. The van der Waals surface area contributed by atoms with Crippen LogP contribution < -0.4 is 5.32 Å². The van der Waals surface area contributed by atoms with Gasteiger partial charge in [0.05, 0.1) is 39.9 Å². The number of allylic oxidation sites excluding steroid dienone is 1. The second-order valence-corrected chi connectivity index (χ2v) is 25.0. The van der Waals surface area contributed by atoms with Crippen molar-refractivity contribution >= 4 is 13.7 Å². The molecule has 0 aromatic rings. The Morgan fingerprint density at radius 2 is 0.736 bits per heavy atom. The van der Waals surface area contributed by atoms with E-state index in [4.69, 9.17) is 9.05 Å². The van der Waals surface area contributed by atoms with Crippen LogP contribution in [0.3, 0.4) is 0 Å². The highest BCUT2D eigenvalue weighted by Gasteiger charge is 2.28. The van der Waals surface area contributed by atoms with Crippen molar-refractivity contribution in [2.45, 2.75) is 347 Å². The molecular weight excluding hydrogens is 912 g/mol. The number of hydrogen-bond acceptors (Lipinski definition) is 5. The number of nitrogens with zero attached hydrogens (tertiary/aromatic N) is 1. The number of phosphoric ester groups is 1.